The van der Waals surface area contributed by atoms with Crippen molar-refractivity contribution in [3.05, 3.63) is 85.1 Å². The summed E-state index contributed by atoms with van der Waals surface area (Å²) in [4.78, 5) is 37.5. The van der Waals surface area contributed by atoms with Crippen molar-refractivity contribution in [3.63, 3.8) is 0 Å². The van der Waals surface area contributed by atoms with E-state index in [0.717, 1.165) is 96.3 Å². The number of unbranched alkanes of at least 4 members (excludes halogenated alkanes) is 22. The molecule has 68 heavy (non-hydrogen) atoms. The van der Waals surface area contributed by atoms with Crippen molar-refractivity contribution in [2.24, 2.45) is 0 Å². The number of rotatable bonds is 48. The van der Waals surface area contributed by atoms with Gasteiger partial charge in [-0.2, -0.15) is 0 Å². The van der Waals surface area contributed by atoms with Gasteiger partial charge in [-0.15, -0.1) is 0 Å². The molecule has 0 radical (unpaired) electrons. The quantitative estimate of drug-likeness (QED) is 0.0156. The molecule has 0 aliphatic rings. The summed E-state index contributed by atoms with van der Waals surface area (Å²) in [5.41, 5.74) is 0. The van der Waals surface area contributed by atoms with E-state index in [2.05, 4.69) is 92.9 Å². The molecule has 3 atom stereocenters. The molecule has 0 aromatic heterocycles. The van der Waals surface area contributed by atoms with Crippen LogP contribution in [0.4, 0.5) is 0 Å². The summed E-state index contributed by atoms with van der Waals surface area (Å²) in [7, 11) is 1.46. The molecule has 0 saturated heterocycles. The van der Waals surface area contributed by atoms with E-state index in [0.29, 0.717) is 30.3 Å². The first-order valence-corrected chi connectivity index (χ1v) is 28.9. The maximum absolute atomic E-state index is 13.5. The highest BCUT2D eigenvalue weighted by Crippen LogP contribution is 2.43. The van der Waals surface area contributed by atoms with Crippen LogP contribution in [0.3, 0.4) is 0 Å². The normalized spacial score (nSPS) is 14.5. The van der Waals surface area contributed by atoms with E-state index in [1.54, 1.807) is 0 Å². The molecule has 0 spiro atoms. The van der Waals surface area contributed by atoms with Crippen LogP contribution >= 0.6 is 7.82 Å². The molecule has 0 aromatic rings. The molecular weight excluding hydrogens is 868 g/mol. The second-order valence-corrected chi connectivity index (χ2v) is 20.9. The number of hydrogen-bond acceptors (Lipinski definition) is 6. The van der Waals surface area contributed by atoms with Crippen LogP contribution < -0.4 is 5.32 Å². The molecule has 0 rings (SSSR count). The van der Waals surface area contributed by atoms with Crippen molar-refractivity contribution in [1.29, 1.82) is 0 Å². The van der Waals surface area contributed by atoms with E-state index in [-0.39, 0.29) is 31.5 Å². The molecule has 1 amide bonds. The zero-order chi connectivity index (χ0) is 50.1. The monoisotopic (exact) mass is 972 g/mol. The molecule has 3 unspecified atom stereocenters. The fraction of sp³-hybridized carbons (Fsp3) is 0.724. The number of carbonyl (C=O) groups is 2. The van der Waals surface area contributed by atoms with Gasteiger partial charge in [0, 0.05) is 12.8 Å². The van der Waals surface area contributed by atoms with E-state index >= 15 is 0 Å². The number of esters is 1. The summed E-state index contributed by atoms with van der Waals surface area (Å²) in [5, 5.41) is 3.02. The number of allylic oxidation sites excluding steroid dienone is 13. The molecule has 0 aromatic carbocycles. The second kappa shape index (κ2) is 47.8. The van der Waals surface area contributed by atoms with E-state index in [9.17, 15) is 19.0 Å². The zero-order valence-electron chi connectivity index (χ0n) is 44.6. The molecular formula is C58H104N2O7P+. The van der Waals surface area contributed by atoms with Crippen molar-refractivity contribution in [1.82, 2.24) is 5.32 Å². The number of ether oxygens (including phenoxy) is 1. The lowest BCUT2D eigenvalue weighted by atomic mass is 10.0. The molecule has 10 heteroatoms. The molecule has 0 bridgehead atoms. The topological polar surface area (TPSA) is 111 Å². The standard InChI is InChI=1S/C58H103N2O7P/c1-7-10-13-16-19-22-25-28-29-30-31-33-35-38-41-44-47-50-57(61)59-55(54-66-68(63,64)65-53-52-60(4,5)6)56(49-46-43-40-37-34-27-24-21-18-15-12-9-3)67-58(62)51-48-45-42-39-36-32-26-23-20-17-14-11-8-2/h11,14,17,19-20,22-23,26,28-29,31,33,46,49,55-56H,7-10,12-13,15-16,18,21,24-25,27,30,32,34-45,47-48,50-54H2,1-6H3,(H-,59,61,63,64)/p+1/b14-11+,20-17+,22-19-,26-23-,29-28-,33-31-,49-46-. The van der Waals surface area contributed by atoms with E-state index in [1.165, 1.54) is 77.0 Å². The van der Waals surface area contributed by atoms with Gasteiger partial charge in [0.15, 0.2) is 0 Å². The Bertz CT molecular complexity index is 1440. The maximum Gasteiger partial charge on any atom is 0.472 e. The summed E-state index contributed by atoms with van der Waals surface area (Å²) >= 11 is 0. The first-order valence-electron chi connectivity index (χ1n) is 27.4. The van der Waals surface area contributed by atoms with Crippen molar-refractivity contribution in [3.8, 4) is 0 Å². The highest BCUT2D eigenvalue weighted by Gasteiger charge is 2.30. The van der Waals surface area contributed by atoms with Crippen LogP contribution in [0.15, 0.2) is 85.1 Å². The summed E-state index contributed by atoms with van der Waals surface area (Å²) in [6.45, 7) is 6.79. The Morgan fingerprint density at radius 3 is 1.56 bits per heavy atom. The maximum atomic E-state index is 13.5. The van der Waals surface area contributed by atoms with Crippen LogP contribution in [0.1, 0.15) is 220 Å². The minimum absolute atomic E-state index is 0.0282. The number of likely N-dealkylation sites (N-methyl/N-ethyl adjacent to an activating group) is 1. The average Bonchev–Trinajstić information content (AvgIpc) is 3.29. The van der Waals surface area contributed by atoms with Gasteiger partial charge in [0.05, 0.1) is 33.8 Å². The largest absolute Gasteiger partial charge is 0.472 e. The van der Waals surface area contributed by atoms with Crippen molar-refractivity contribution in [2.75, 3.05) is 40.9 Å². The fourth-order valence-electron chi connectivity index (χ4n) is 7.36. The average molecular weight is 972 g/mol. The smallest absolute Gasteiger partial charge is 0.456 e. The number of quaternary nitrogens is 1. The van der Waals surface area contributed by atoms with E-state index in [1.807, 2.05) is 39.4 Å². The van der Waals surface area contributed by atoms with E-state index < -0.39 is 20.0 Å². The highest BCUT2D eigenvalue weighted by molar-refractivity contribution is 7.47. The molecule has 0 aliphatic heterocycles. The third-order valence-corrected chi connectivity index (χ3v) is 12.6. The van der Waals surface area contributed by atoms with Gasteiger partial charge in [0.2, 0.25) is 5.91 Å². The van der Waals surface area contributed by atoms with Crippen LogP contribution in [-0.2, 0) is 27.9 Å². The second-order valence-electron chi connectivity index (χ2n) is 19.4. The van der Waals surface area contributed by atoms with Crippen LogP contribution in [0.2, 0.25) is 0 Å². The predicted octanol–water partition coefficient (Wildman–Crippen LogP) is 16.3. The highest BCUT2D eigenvalue weighted by atomic mass is 31.2. The number of nitrogens with zero attached hydrogens (tertiary/aromatic N) is 1. The van der Waals surface area contributed by atoms with Gasteiger partial charge in [0.25, 0.3) is 0 Å². The minimum atomic E-state index is -4.46. The van der Waals surface area contributed by atoms with Gasteiger partial charge in [-0.25, -0.2) is 4.57 Å². The van der Waals surface area contributed by atoms with Gasteiger partial charge in [-0.05, 0) is 89.5 Å². The summed E-state index contributed by atoms with van der Waals surface area (Å²) in [6.07, 6.45) is 61.5. The Morgan fingerprint density at radius 2 is 1.00 bits per heavy atom. The summed E-state index contributed by atoms with van der Waals surface area (Å²) < 4.78 is 30.5. The molecule has 0 aliphatic carbocycles. The van der Waals surface area contributed by atoms with Crippen LogP contribution in [0, 0.1) is 0 Å². The van der Waals surface area contributed by atoms with Gasteiger partial charge in [-0.3, -0.25) is 18.6 Å². The Balaban J connectivity index is 5.46. The lowest BCUT2D eigenvalue weighted by molar-refractivity contribution is -0.870. The van der Waals surface area contributed by atoms with Gasteiger partial charge >= 0.3 is 13.8 Å². The number of amides is 1. The molecule has 9 nitrogen and oxygen atoms in total. The van der Waals surface area contributed by atoms with Crippen LogP contribution in [0.5, 0.6) is 0 Å². The minimum Gasteiger partial charge on any atom is -0.456 e. The number of carbonyl (C=O) groups excluding carboxylic acids is 2. The fourth-order valence-corrected chi connectivity index (χ4v) is 8.09. The molecule has 0 fully saturated rings. The Kier molecular flexibility index (Phi) is 45.9. The zero-order valence-corrected chi connectivity index (χ0v) is 45.5. The van der Waals surface area contributed by atoms with Crippen molar-refractivity contribution >= 4 is 19.7 Å². The van der Waals surface area contributed by atoms with Crippen LogP contribution in [0.25, 0.3) is 0 Å². The molecule has 0 heterocycles. The van der Waals surface area contributed by atoms with E-state index in [4.69, 9.17) is 13.8 Å². The Morgan fingerprint density at radius 1 is 0.544 bits per heavy atom. The third kappa shape index (κ3) is 48.2. The Hall–Kier alpha value is -2.81. The number of nitrogens with one attached hydrogen (secondary N) is 1. The number of hydrogen-bond donors (Lipinski definition) is 2. The molecule has 2 N–H and O–H groups in total. The van der Waals surface area contributed by atoms with Crippen LogP contribution in [-0.4, -0.2) is 74.3 Å². The van der Waals surface area contributed by atoms with Gasteiger partial charge in [0.1, 0.15) is 19.3 Å². The third-order valence-electron chi connectivity index (χ3n) is 11.6. The summed E-state index contributed by atoms with van der Waals surface area (Å²) in [5.74, 6) is -0.561. The first-order chi connectivity index (χ1) is 32.9. The first kappa shape index (κ1) is 65.2. The van der Waals surface area contributed by atoms with Crippen molar-refractivity contribution in [2.45, 2.75) is 232 Å². The predicted molar refractivity (Wildman–Crippen MR) is 291 cm³/mol. The van der Waals surface area contributed by atoms with Crippen molar-refractivity contribution < 1.29 is 37.3 Å². The van der Waals surface area contributed by atoms with Gasteiger partial charge < -0.3 is 19.4 Å². The lowest BCUT2D eigenvalue weighted by Crippen LogP contribution is -2.47. The number of phosphoric acid groups is 1. The SMILES string of the molecule is CC/C=C/C=C/C=C\CCCCCCCC(=O)OC(/C=C\CCCCCCCCCCCC)C(COP(=O)(O)OCC[N+](C)(C)C)NC(=O)CCCCCC/C=C\C/C=C\C/C=C\CCCCC. The summed E-state index contributed by atoms with van der Waals surface area (Å²) in [6, 6.07) is -0.871. The Labute approximate surface area is 418 Å². The van der Waals surface area contributed by atoms with Gasteiger partial charge in [-0.1, -0.05) is 202 Å². The number of phosphoric ester groups is 1. The molecule has 0 saturated carbocycles. The lowest BCUT2D eigenvalue weighted by Gasteiger charge is -2.27. The molecule has 392 valence electrons.